The molecule has 1 aromatic heterocycles. The predicted molar refractivity (Wildman–Crippen MR) is 196 cm³/mol. The molecule has 4 aromatic rings. The number of aliphatic carboxylic acids is 1. The molecule has 1 aliphatic heterocycles. The summed E-state index contributed by atoms with van der Waals surface area (Å²) >= 11 is 0. The van der Waals surface area contributed by atoms with Gasteiger partial charge in [0.05, 0.1) is 45.3 Å². The summed E-state index contributed by atoms with van der Waals surface area (Å²) in [5.41, 5.74) is 2.59. The van der Waals surface area contributed by atoms with E-state index in [4.69, 9.17) is 33.2 Å². The molecule has 7 atom stereocenters. The third-order valence-corrected chi connectivity index (χ3v) is 8.53. The van der Waals surface area contributed by atoms with Crippen molar-refractivity contribution in [1.82, 2.24) is 20.3 Å². The first-order chi connectivity index (χ1) is 26.0. The molecule has 0 spiro atoms. The van der Waals surface area contributed by atoms with Crippen molar-refractivity contribution < 1.29 is 47.9 Å². The summed E-state index contributed by atoms with van der Waals surface area (Å²) < 4.78 is 44.9. The normalized spacial score (nSPS) is 21.2. The van der Waals surface area contributed by atoms with E-state index in [0.717, 1.165) is 16.7 Å². The van der Waals surface area contributed by atoms with Gasteiger partial charge in [0.15, 0.2) is 12.3 Å². The van der Waals surface area contributed by atoms with Crippen LogP contribution in [-0.2, 0) is 70.9 Å². The van der Waals surface area contributed by atoms with Crippen LogP contribution in [-0.4, -0.2) is 87.7 Å². The molecular weight excluding hydrogens is 696 g/mol. The summed E-state index contributed by atoms with van der Waals surface area (Å²) in [5, 5.41) is 20.7. The Bertz CT molecular complexity index is 1720. The molecular formula is C40H50N4O10. The molecule has 54 heavy (non-hydrogen) atoms. The maximum atomic E-state index is 12.3. The van der Waals surface area contributed by atoms with Gasteiger partial charge >= 0.3 is 12.1 Å². The van der Waals surface area contributed by atoms with Crippen LogP contribution in [0.15, 0.2) is 97.2 Å². The van der Waals surface area contributed by atoms with Gasteiger partial charge < -0.3 is 43.6 Å². The van der Waals surface area contributed by atoms with Crippen molar-refractivity contribution in [1.29, 1.82) is 0 Å². The number of rotatable bonds is 18. The second kappa shape index (κ2) is 19.6. The smallest absolute Gasteiger partial charge is 0.408 e. The zero-order valence-corrected chi connectivity index (χ0v) is 31.3. The zero-order valence-electron chi connectivity index (χ0n) is 31.3. The van der Waals surface area contributed by atoms with Gasteiger partial charge in [0.1, 0.15) is 35.7 Å². The molecule has 3 aromatic carbocycles. The fourth-order valence-electron chi connectivity index (χ4n) is 5.89. The van der Waals surface area contributed by atoms with Crippen molar-refractivity contribution in [3.63, 3.8) is 0 Å². The molecule has 1 fully saturated rings. The second-order valence-electron chi connectivity index (χ2n) is 14.0. The number of aromatic nitrogens is 3. The van der Waals surface area contributed by atoms with Crippen LogP contribution in [0, 0.1) is 0 Å². The Balaban J connectivity index is 1.34. The van der Waals surface area contributed by atoms with Gasteiger partial charge in [0.2, 0.25) is 0 Å². The van der Waals surface area contributed by atoms with Crippen LogP contribution in [0.3, 0.4) is 0 Å². The van der Waals surface area contributed by atoms with Gasteiger partial charge in [-0.25, -0.2) is 14.3 Å². The summed E-state index contributed by atoms with van der Waals surface area (Å²) in [6.45, 7) is 7.63. The molecule has 1 aliphatic rings. The SMILES string of the molecule is CO[C@H]1O[C@H](Cn2cc(CO[C@@H](C)[C@H](NC(=O)OC(C)(C)C)C(=O)O)nn2)[C@@H](OCc2ccccc2)[C@H](OCc2ccccc2)[C@@H]1OCc1ccccc1. The summed E-state index contributed by atoms with van der Waals surface area (Å²) in [5.74, 6) is -1.27. The number of nitrogens with one attached hydrogen (secondary N) is 1. The van der Waals surface area contributed by atoms with E-state index >= 15 is 0 Å². The molecule has 5 rings (SSSR count). The first-order valence-electron chi connectivity index (χ1n) is 17.9. The number of ether oxygens (including phenoxy) is 7. The molecule has 290 valence electrons. The zero-order chi connectivity index (χ0) is 38.5. The minimum absolute atomic E-state index is 0.0701. The molecule has 14 heteroatoms. The standard InChI is InChI=1S/C40H50N4O10/c1-27(33(37(45)46)41-39(47)54-40(2,3)4)49-26-31-21-44(43-42-31)22-32-34(50-23-28-15-9-6-10-16-28)35(51-24-29-17-11-7-12-18-29)36(38(48-5)53-32)52-25-30-19-13-8-14-20-30/h6-21,27,32-36,38H,22-26H2,1-5H3,(H,41,47)(H,45,46)/t27-,32+,33-,34+,35-,36-,38-/m0/s1. The van der Waals surface area contributed by atoms with Crippen LogP contribution in [0.2, 0.25) is 0 Å². The number of carbonyl (C=O) groups is 2. The van der Waals surface area contributed by atoms with E-state index in [1.807, 2.05) is 91.0 Å². The van der Waals surface area contributed by atoms with Crippen molar-refractivity contribution in [2.45, 2.75) is 109 Å². The van der Waals surface area contributed by atoms with Crippen LogP contribution in [0.4, 0.5) is 4.79 Å². The number of nitrogens with zero attached hydrogens (tertiary/aromatic N) is 3. The van der Waals surface area contributed by atoms with Crippen molar-refractivity contribution in [3.05, 3.63) is 120 Å². The molecule has 2 heterocycles. The quantitative estimate of drug-likeness (QED) is 0.136. The number of amides is 1. The first kappa shape index (κ1) is 40.5. The van der Waals surface area contributed by atoms with E-state index < -0.39 is 60.5 Å². The Kier molecular flexibility index (Phi) is 14.7. The number of carboxylic acid groups (broad SMARTS) is 1. The van der Waals surface area contributed by atoms with Gasteiger partial charge in [0, 0.05) is 7.11 Å². The van der Waals surface area contributed by atoms with Gasteiger partial charge in [-0.1, -0.05) is 96.2 Å². The average Bonchev–Trinajstić information content (AvgIpc) is 3.61. The predicted octanol–water partition coefficient (Wildman–Crippen LogP) is 5.29. The average molecular weight is 747 g/mol. The lowest BCUT2D eigenvalue weighted by atomic mass is 9.97. The molecule has 0 bridgehead atoms. The third-order valence-electron chi connectivity index (χ3n) is 8.53. The van der Waals surface area contributed by atoms with Gasteiger partial charge in [0.25, 0.3) is 0 Å². The van der Waals surface area contributed by atoms with Gasteiger partial charge in [-0.3, -0.25) is 0 Å². The minimum Gasteiger partial charge on any atom is -0.480 e. The molecule has 14 nitrogen and oxygen atoms in total. The lowest BCUT2D eigenvalue weighted by molar-refractivity contribution is -0.319. The maximum Gasteiger partial charge on any atom is 0.408 e. The van der Waals surface area contributed by atoms with Crippen molar-refractivity contribution in [2.24, 2.45) is 0 Å². The lowest BCUT2D eigenvalue weighted by Crippen LogP contribution is -2.61. The van der Waals surface area contributed by atoms with E-state index in [1.165, 1.54) is 0 Å². The molecule has 0 saturated carbocycles. The highest BCUT2D eigenvalue weighted by Crippen LogP contribution is 2.31. The number of benzene rings is 3. The number of alkyl carbamates (subject to hydrolysis) is 1. The molecule has 0 aliphatic carbocycles. The van der Waals surface area contributed by atoms with Crippen LogP contribution >= 0.6 is 0 Å². The number of carboxylic acids is 1. The fourth-order valence-corrected chi connectivity index (χ4v) is 5.89. The van der Waals surface area contributed by atoms with Gasteiger partial charge in [-0.2, -0.15) is 0 Å². The highest BCUT2D eigenvalue weighted by Gasteiger charge is 2.49. The van der Waals surface area contributed by atoms with E-state index in [-0.39, 0.29) is 19.8 Å². The molecule has 0 radical (unpaired) electrons. The first-order valence-corrected chi connectivity index (χ1v) is 17.9. The summed E-state index contributed by atoms with van der Waals surface area (Å²) in [6.07, 6.45) is -3.46. The molecule has 1 saturated heterocycles. The Morgan fingerprint density at radius 3 is 1.83 bits per heavy atom. The van der Waals surface area contributed by atoms with Crippen LogP contribution in [0.1, 0.15) is 50.1 Å². The van der Waals surface area contributed by atoms with E-state index in [9.17, 15) is 14.7 Å². The van der Waals surface area contributed by atoms with Crippen molar-refractivity contribution >= 4 is 12.1 Å². The topological polar surface area (TPSA) is 162 Å². The maximum absolute atomic E-state index is 12.3. The van der Waals surface area contributed by atoms with E-state index in [0.29, 0.717) is 18.9 Å². The number of hydrogen-bond donors (Lipinski definition) is 2. The Morgan fingerprint density at radius 2 is 1.33 bits per heavy atom. The molecule has 0 unspecified atom stereocenters. The van der Waals surface area contributed by atoms with Crippen molar-refractivity contribution in [3.8, 4) is 0 Å². The van der Waals surface area contributed by atoms with Crippen LogP contribution in [0.25, 0.3) is 0 Å². The minimum atomic E-state index is -1.36. The molecule has 2 N–H and O–H groups in total. The van der Waals surface area contributed by atoms with E-state index in [2.05, 4.69) is 15.6 Å². The number of methoxy groups -OCH3 is 1. The monoisotopic (exact) mass is 746 g/mol. The van der Waals surface area contributed by atoms with Crippen molar-refractivity contribution in [2.75, 3.05) is 7.11 Å². The third kappa shape index (κ3) is 12.2. The molecule has 1 amide bonds. The largest absolute Gasteiger partial charge is 0.480 e. The summed E-state index contributed by atoms with van der Waals surface area (Å²) in [6, 6.07) is 28.2. The summed E-state index contributed by atoms with van der Waals surface area (Å²) in [7, 11) is 1.56. The number of carbonyl (C=O) groups excluding carboxylic acids is 1. The lowest BCUT2D eigenvalue weighted by Gasteiger charge is -2.45. The Hall–Kier alpha value is -4.70. The van der Waals surface area contributed by atoms with Gasteiger partial charge in [-0.15, -0.1) is 5.10 Å². The highest BCUT2D eigenvalue weighted by molar-refractivity contribution is 5.80. The fraction of sp³-hybridized carbons (Fsp3) is 0.450. The van der Waals surface area contributed by atoms with Crippen LogP contribution in [0.5, 0.6) is 0 Å². The van der Waals surface area contributed by atoms with E-state index in [1.54, 1.807) is 45.7 Å². The Morgan fingerprint density at radius 1 is 0.815 bits per heavy atom. The van der Waals surface area contributed by atoms with Gasteiger partial charge in [-0.05, 0) is 44.4 Å². The van der Waals surface area contributed by atoms with Crippen LogP contribution < -0.4 is 5.32 Å². The highest BCUT2D eigenvalue weighted by atomic mass is 16.7. The Labute approximate surface area is 315 Å². The second-order valence-corrected chi connectivity index (χ2v) is 14.0. The summed E-state index contributed by atoms with van der Waals surface area (Å²) in [4.78, 5) is 24.2. The number of hydrogen-bond acceptors (Lipinski definition) is 11.